The van der Waals surface area contributed by atoms with Crippen molar-refractivity contribution in [3.8, 4) is 0 Å². The van der Waals surface area contributed by atoms with Crippen LogP contribution >= 0.6 is 0 Å². The molecule has 1 aliphatic carbocycles. The van der Waals surface area contributed by atoms with Gasteiger partial charge in [-0.15, -0.1) is 0 Å². The molecule has 1 aliphatic rings. The summed E-state index contributed by atoms with van der Waals surface area (Å²) in [7, 11) is 3.80. The molecule has 0 radical (unpaired) electrons. The average Bonchev–Trinajstić information content (AvgIpc) is 3.51. The Morgan fingerprint density at radius 1 is 0.542 bits per heavy atom. The van der Waals surface area contributed by atoms with Crippen molar-refractivity contribution in [3.05, 3.63) is 35.9 Å². The Hall–Kier alpha value is -6.12. The van der Waals surface area contributed by atoms with Crippen molar-refractivity contribution in [2.45, 2.75) is 246 Å². The summed E-state index contributed by atoms with van der Waals surface area (Å²) >= 11 is 0. The maximum atomic E-state index is 14.4. The number of unbranched alkanes of at least 4 members (excludes halogenated alkanes) is 5. The summed E-state index contributed by atoms with van der Waals surface area (Å²) in [6.07, 6.45) is 9.34. The Morgan fingerprint density at radius 3 is 1.55 bits per heavy atom. The van der Waals surface area contributed by atoms with Gasteiger partial charge < -0.3 is 58.1 Å². The van der Waals surface area contributed by atoms with Crippen LogP contribution in [-0.2, 0) is 43.2 Å². The largest absolute Gasteiger partial charge is 0.354 e. The van der Waals surface area contributed by atoms with Crippen LogP contribution in [-0.4, -0.2) is 144 Å². The number of hydrogen-bond acceptors (Lipinski definition) is 11. The molecule has 1 aromatic rings. The quantitative estimate of drug-likeness (QED) is 0.0396. The third-order valence-corrected chi connectivity index (χ3v) is 14.6. The third-order valence-electron chi connectivity index (χ3n) is 14.6. The summed E-state index contributed by atoms with van der Waals surface area (Å²) in [6.45, 7) is 24.8. The van der Waals surface area contributed by atoms with Gasteiger partial charge in [0.1, 0.15) is 40.8 Å². The van der Waals surface area contributed by atoms with Gasteiger partial charge >= 0.3 is 0 Å². The summed E-state index contributed by atoms with van der Waals surface area (Å²) in [5.41, 5.74) is -4.17. The van der Waals surface area contributed by atoms with Crippen LogP contribution in [0.25, 0.3) is 0 Å². The highest BCUT2D eigenvalue weighted by Crippen LogP contribution is 2.26. The van der Waals surface area contributed by atoms with Crippen LogP contribution < -0.4 is 53.2 Å². The molecule has 5 unspecified atom stereocenters. The molecule has 1 aromatic carbocycles. The van der Waals surface area contributed by atoms with E-state index in [0.717, 1.165) is 44.9 Å². The van der Waals surface area contributed by atoms with E-state index < -0.39 is 94.1 Å². The number of amides is 10. The molecule has 0 aromatic heterocycles. The molecule has 83 heavy (non-hydrogen) atoms. The van der Waals surface area contributed by atoms with Crippen LogP contribution in [0, 0.1) is 23.7 Å². The Morgan fingerprint density at radius 2 is 1.02 bits per heavy atom. The van der Waals surface area contributed by atoms with Crippen LogP contribution in [0.15, 0.2) is 30.3 Å². The number of nitrogens with zero attached hydrogens (tertiary/aromatic N) is 1. The van der Waals surface area contributed by atoms with Crippen LogP contribution in [0.4, 0.5) is 0 Å². The maximum absolute atomic E-state index is 14.4. The minimum absolute atomic E-state index is 0.0293. The van der Waals surface area contributed by atoms with Crippen molar-refractivity contribution < 1.29 is 47.9 Å². The Labute approximate surface area is 496 Å². The number of likely N-dealkylation sites (N-methyl/N-ethyl adjacent to an activating group) is 1. The zero-order chi connectivity index (χ0) is 62.8. The predicted octanol–water partition coefficient (Wildman–Crippen LogP) is 5.06. The van der Waals surface area contributed by atoms with E-state index in [1.807, 2.05) is 73.5 Å². The Kier molecular flexibility index (Phi) is 31.0. The Balaban J connectivity index is 2.25. The first kappa shape index (κ1) is 73.0. The molecule has 10 N–H and O–H groups in total. The number of benzene rings is 1. The van der Waals surface area contributed by atoms with Crippen molar-refractivity contribution >= 4 is 59.1 Å². The van der Waals surface area contributed by atoms with Gasteiger partial charge in [0.2, 0.25) is 53.2 Å². The molecule has 470 valence electrons. The molecule has 0 saturated heterocycles. The van der Waals surface area contributed by atoms with Gasteiger partial charge in [0, 0.05) is 37.2 Å². The average molecular weight is 1170 g/mol. The fraction of sp³-hybridized carbons (Fsp3) is 0.742. The lowest BCUT2D eigenvalue weighted by molar-refractivity contribution is -0.139. The lowest BCUT2D eigenvalue weighted by atomic mass is 9.83. The van der Waals surface area contributed by atoms with E-state index in [1.165, 1.54) is 41.5 Å². The van der Waals surface area contributed by atoms with Gasteiger partial charge in [-0.25, -0.2) is 0 Å². The van der Waals surface area contributed by atoms with Crippen LogP contribution in [0.3, 0.4) is 0 Å². The van der Waals surface area contributed by atoms with E-state index in [-0.39, 0.29) is 73.7 Å². The molecule has 0 spiro atoms. The highest BCUT2D eigenvalue weighted by atomic mass is 16.2. The maximum Gasteiger partial charge on any atom is 0.251 e. The molecule has 1 fully saturated rings. The van der Waals surface area contributed by atoms with Crippen molar-refractivity contribution in [3.63, 3.8) is 0 Å². The van der Waals surface area contributed by atoms with Crippen molar-refractivity contribution in [2.75, 3.05) is 27.2 Å². The minimum atomic E-state index is -1.63. The standard InChI is InChI=1S/C62H107N11O10/c1-17-18-19-20-21-25-32-46(66-52(76)44-30-26-27-31-45(44)65-51(75)43-28-23-22-24-29-43)53(77)67-48(36-40(4)5)55(79)70-61(11,12)58(82)69-47(35-39(2)3)54(78)68-49(37-41(6)7)56(80)71-62(13,14)59(83)72-60(9,10)57(81)63-34-33-50(74)64-42(8)38-73(15)16/h22-24,28-29,39-42,44-49H,17-21,25-27,30-38H2,1-16H3,(H,63,81)(H,64,74)(H,65,75)(H,66,76)(H,67,77)(H,68,78)(H,69,82)(H,70,79)(H,71,80)(H,72,83)/t42?,44-,45+,46?,47?,48?,49?/m0/s1. The second-order valence-electron chi connectivity index (χ2n) is 26.0. The minimum Gasteiger partial charge on any atom is -0.354 e. The van der Waals surface area contributed by atoms with Crippen molar-refractivity contribution in [2.24, 2.45) is 23.7 Å². The topological polar surface area (TPSA) is 294 Å². The molecule has 0 heterocycles. The summed E-state index contributed by atoms with van der Waals surface area (Å²) in [5.74, 6) is -6.21. The molecular formula is C62H107N11O10. The van der Waals surface area contributed by atoms with Gasteiger partial charge in [-0.1, -0.05) is 118 Å². The zero-order valence-corrected chi connectivity index (χ0v) is 53.2. The first-order valence-electron chi connectivity index (χ1n) is 30.5. The smallest absolute Gasteiger partial charge is 0.251 e. The number of nitrogens with one attached hydrogen (secondary N) is 10. The van der Waals surface area contributed by atoms with Gasteiger partial charge in [0.05, 0.1) is 5.92 Å². The van der Waals surface area contributed by atoms with E-state index in [2.05, 4.69) is 60.1 Å². The summed E-state index contributed by atoms with van der Waals surface area (Å²) in [6, 6.07) is 3.87. The number of hydrogen-bond donors (Lipinski definition) is 10. The SMILES string of the molecule is CCCCCCCCC(NC(=O)[C@H]1CCCC[C@H]1NC(=O)c1ccccc1)C(=O)NC(CC(C)C)C(=O)NC(C)(C)C(=O)NC(CC(C)C)C(=O)NC(CC(C)C)C(=O)NC(C)(C)C(=O)NC(C)(C)C(=O)NCCC(=O)NC(C)CN(C)C. The second-order valence-corrected chi connectivity index (χ2v) is 26.0. The molecule has 10 amide bonds. The number of carbonyl (C=O) groups excluding carboxylic acids is 10. The fourth-order valence-electron chi connectivity index (χ4n) is 9.98. The van der Waals surface area contributed by atoms with E-state index in [4.69, 9.17) is 0 Å². The van der Waals surface area contributed by atoms with Crippen LogP contribution in [0.2, 0.25) is 0 Å². The van der Waals surface area contributed by atoms with Crippen LogP contribution in [0.5, 0.6) is 0 Å². The van der Waals surface area contributed by atoms with E-state index in [9.17, 15) is 47.9 Å². The van der Waals surface area contributed by atoms with Gasteiger partial charge in [0.25, 0.3) is 5.91 Å². The molecule has 0 bridgehead atoms. The number of carbonyl (C=O) groups is 10. The van der Waals surface area contributed by atoms with E-state index in [1.54, 1.807) is 24.3 Å². The van der Waals surface area contributed by atoms with Gasteiger partial charge in [0.15, 0.2) is 0 Å². The first-order chi connectivity index (χ1) is 38.7. The monoisotopic (exact) mass is 1170 g/mol. The molecule has 0 aliphatic heterocycles. The summed E-state index contributed by atoms with van der Waals surface area (Å²) in [5, 5.41) is 28.4. The highest BCUT2D eigenvalue weighted by Gasteiger charge is 2.41. The van der Waals surface area contributed by atoms with Gasteiger partial charge in [-0.3, -0.25) is 47.9 Å². The van der Waals surface area contributed by atoms with E-state index in [0.29, 0.717) is 37.8 Å². The van der Waals surface area contributed by atoms with E-state index >= 15 is 0 Å². The fourth-order valence-corrected chi connectivity index (χ4v) is 9.98. The van der Waals surface area contributed by atoms with Gasteiger partial charge in [-0.2, -0.15) is 0 Å². The molecule has 1 saturated carbocycles. The molecular weight excluding hydrogens is 1060 g/mol. The molecule has 21 heteroatoms. The lowest BCUT2D eigenvalue weighted by Crippen LogP contribution is -2.65. The number of rotatable bonds is 36. The van der Waals surface area contributed by atoms with Gasteiger partial charge in [-0.05, 0) is 131 Å². The molecule has 2 rings (SSSR count). The normalized spacial score (nSPS) is 16.6. The van der Waals surface area contributed by atoms with Crippen molar-refractivity contribution in [1.82, 2.24) is 58.1 Å². The predicted molar refractivity (Wildman–Crippen MR) is 324 cm³/mol. The zero-order valence-electron chi connectivity index (χ0n) is 53.2. The highest BCUT2D eigenvalue weighted by molar-refractivity contribution is 6.00. The third kappa shape index (κ3) is 27.0. The first-order valence-corrected chi connectivity index (χ1v) is 30.5. The summed E-state index contributed by atoms with van der Waals surface area (Å²) in [4.78, 5) is 140. The van der Waals surface area contributed by atoms with Crippen LogP contribution in [0.1, 0.15) is 204 Å². The lowest BCUT2D eigenvalue weighted by Gasteiger charge is -2.34. The Bertz CT molecular complexity index is 2290. The second kappa shape index (κ2) is 35.2. The molecule has 7 atom stereocenters. The summed E-state index contributed by atoms with van der Waals surface area (Å²) < 4.78 is 0. The molecule has 21 nitrogen and oxygen atoms in total. The van der Waals surface area contributed by atoms with Crippen molar-refractivity contribution in [1.29, 1.82) is 0 Å².